The second kappa shape index (κ2) is 7.31. The van der Waals surface area contributed by atoms with Crippen molar-refractivity contribution in [1.82, 2.24) is 5.32 Å². The summed E-state index contributed by atoms with van der Waals surface area (Å²) in [5, 5.41) is 3.05. The van der Waals surface area contributed by atoms with Gasteiger partial charge in [-0.3, -0.25) is 0 Å². The van der Waals surface area contributed by atoms with Crippen LogP contribution < -0.4 is 10.1 Å². The lowest BCUT2D eigenvalue weighted by atomic mass is 10.0. The Balaban J connectivity index is 2.17. The molecule has 0 aromatic heterocycles. The van der Waals surface area contributed by atoms with Gasteiger partial charge < -0.3 is 10.1 Å². The number of rotatable bonds is 5. The molecule has 1 aliphatic rings. The van der Waals surface area contributed by atoms with Gasteiger partial charge in [0.05, 0.1) is 5.56 Å². The molecule has 1 aliphatic carbocycles. The van der Waals surface area contributed by atoms with E-state index in [4.69, 9.17) is 4.74 Å². The van der Waals surface area contributed by atoms with E-state index >= 15 is 0 Å². The van der Waals surface area contributed by atoms with E-state index < -0.39 is 11.7 Å². The molecule has 2 rings (SSSR count). The molecule has 0 saturated carbocycles. The molecule has 0 bridgehead atoms. The molecule has 0 amide bonds. The lowest BCUT2D eigenvalue weighted by Crippen LogP contribution is -2.12. The second-order valence-corrected chi connectivity index (χ2v) is 4.92. The highest BCUT2D eigenvalue weighted by atomic mass is 19.4. The summed E-state index contributed by atoms with van der Waals surface area (Å²) in [6.45, 7) is 0.733. The summed E-state index contributed by atoms with van der Waals surface area (Å²) in [6.07, 6.45) is 4.97. The van der Waals surface area contributed by atoms with Gasteiger partial charge in [-0.05, 0) is 43.3 Å². The first kappa shape index (κ1) is 16.4. The van der Waals surface area contributed by atoms with Crippen molar-refractivity contribution < 1.29 is 17.9 Å². The maximum Gasteiger partial charge on any atom is 0.416 e. The Labute approximate surface area is 128 Å². The van der Waals surface area contributed by atoms with Gasteiger partial charge in [0.25, 0.3) is 0 Å². The molecule has 0 spiro atoms. The van der Waals surface area contributed by atoms with Crippen LogP contribution in [0.1, 0.15) is 18.4 Å². The molecular formula is C17H18F3NO. The lowest BCUT2D eigenvalue weighted by Gasteiger charge is -2.15. The topological polar surface area (TPSA) is 21.3 Å². The number of ether oxygens (including phenoxy) is 1. The Kier molecular flexibility index (Phi) is 5.44. The van der Waals surface area contributed by atoms with Crippen molar-refractivity contribution in [1.29, 1.82) is 0 Å². The number of nitrogens with one attached hydrogen (secondary N) is 1. The van der Waals surface area contributed by atoms with Crippen molar-refractivity contribution >= 4 is 0 Å². The van der Waals surface area contributed by atoms with Crippen molar-refractivity contribution in [3.8, 4) is 5.75 Å². The fraction of sp³-hybridized carbons (Fsp3) is 0.294. The van der Waals surface area contributed by atoms with Gasteiger partial charge in [0.2, 0.25) is 0 Å². The van der Waals surface area contributed by atoms with Crippen LogP contribution >= 0.6 is 0 Å². The van der Waals surface area contributed by atoms with Crippen molar-refractivity contribution in [2.75, 3.05) is 13.6 Å². The van der Waals surface area contributed by atoms with Crippen molar-refractivity contribution in [2.24, 2.45) is 0 Å². The third-order valence-corrected chi connectivity index (χ3v) is 3.27. The predicted molar refractivity (Wildman–Crippen MR) is 80.5 cm³/mol. The number of hydrogen-bond acceptors (Lipinski definition) is 2. The predicted octanol–water partition coefficient (Wildman–Crippen LogP) is 4.46. The second-order valence-electron chi connectivity index (χ2n) is 4.92. The smallest absolute Gasteiger partial charge is 0.416 e. The van der Waals surface area contributed by atoms with Crippen molar-refractivity contribution in [2.45, 2.75) is 19.0 Å². The number of alkyl halides is 3. The molecule has 0 fully saturated rings. The third-order valence-electron chi connectivity index (χ3n) is 3.27. The zero-order valence-electron chi connectivity index (χ0n) is 12.3. The fourth-order valence-corrected chi connectivity index (χ4v) is 2.09. The molecule has 1 aromatic carbocycles. The van der Waals surface area contributed by atoms with E-state index in [1.165, 1.54) is 12.1 Å². The van der Waals surface area contributed by atoms with Crippen LogP contribution in [0.5, 0.6) is 5.75 Å². The number of benzene rings is 1. The Morgan fingerprint density at radius 2 is 1.91 bits per heavy atom. The first-order chi connectivity index (χ1) is 10.5. The Hall–Kier alpha value is -2.01. The maximum atomic E-state index is 12.6. The van der Waals surface area contributed by atoms with Crippen LogP contribution in [0.4, 0.5) is 13.2 Å². The summed E-state index contributed by atoms with van der Waals surface area (Å²) in [6, 6.07) is 4.77. The zero-order chi connectivity index (χ0) is 16.0. The largest absolute Gasteiger partial charge is 0.461 e. The Morgan fingerprint density at radius 1 is 1.18 bits per heavy atom. The lowest BCUT2D eigenvalue weighted by molar-refractivity contribution is -0.137. The van der Waals surface area contributed by atoms with Crippen LogP contribution in [0.3, 0.4) is 0 Å². The van der Waals surface area contributed by atoms with Gasteiger partial charge in [-0.1, -0.05) is 24.3 Å². The van der Waals surface area contributed by atoms with Gasteiger partial charge in [-0.15, -0.1) is 0 Å². The summed E-state index contributed by atoms with van der Waals surface area (Å²) in [4.78, 5) is 0. The minimum Gasteiger partial charge on any atom is -0.461 e. The van der Waals surface area contributed by atoms with Crippen LogP contribution in [0.2, 0.25) is 0 Å². The molecule has 5 heteroatoms. The maximum absolute atomic E-state index is 12.6. The first-order valence-electron chi connectivity index (χ1n) is 7.05. The van der Waals surface area contributed by atoms with Gasteiger partial charge in [0.1, 0.15) is 11.5 Å². The highest BCUT2D eigenvalue weighted by Gasteiger charge is 2.30. The monoisotopic (exact) mass is 309 g/mol. The van der Waals surface area contributed by atoms with Crippen LogP contribution in [-0.2, 0) is 6.18 Å². The third kappa shape index (κ3) is 4.49. The van der Waals surface area contributed by atoms with Gasteiger partial charge in [-0.2, -0.15) is 13.2 Å². The van der Waals surface area contributed by atoms with Gasteiger partial charge >= 0.3 is 6.18 Å². The van der Waals surface area contributed by atoms with Crippen LogP contribution in [0.25, 0.3) is 0 Å². The van der Waals surface area contributed by atoms with Crippen LogP contribution in [0.15, 0.2) is 59.9 Å². The molecule has 0 radical (unpaired) electrons. The molecule has 22 heavy (non-hydrogen) atoms. The average Bonchev–Trinajstić information content (AvgIpc) is 2.52. The van der Waals surface area contributed by atoms with Gasteiger partial charge in [0, 0.05) is 13.0 Å². The molecule has 0 heterocycles. The first-order valence-corrected chi connectivity index (χ1v) is 7.05. The van der Waals surface area contributed by atoms with E-state index in [0.717, 1.165) is 36.4 Å². The Bertz CT molecular complexity index is 583. The SMILES string of the molecule is CNCCC(Oc1ccc(C(F)(F)F)cc1)=C1C=CC=CC1. The molecule has 1 aromatic rings. The molecule has 0 unspecified atom stereocenters. The van der Waals surface area contributed by atoms with E-state index in [2.05, 4.69) is 5.32 Å². The standard InChI is InChI=1S/C17H18F3NO/c1-21-12-11-16(13-5-3-2-4-6-13)22-15-9-7-14(8-10-15)17(18,19)20/h2-5,7-10,21H,6,11-12H2,1H3. The van der Waals surface area contributed by atoms with E-state index in [1.54, 1.807) is 0 Å². The molecule has 1 N–H and O–H groups in total. The summed E-state index contributed by atoms with van der Waals surface area (Å²) in [5.41, 5.74) is 0.363. The molecule has 0 saturated heterocycles. The number of halogens is 3. The minimum atomic E-state index is -4.33. The summed E-state index contributed by atoms with van der Waals surface area (Å²) in [7, 11) is 1.84. The summed E-state index contributed by atoms with van der Waals surface area (Å²) in [5.74, 6) is 1.18. The molecule has 2 nitrogen and oxygen atoms in total. The number of allylic oxidation sites excluding steroid dienone is 5. The van der Waals surface area contributed by atoms with Crippen molar-refractivity contribution in [3.63, 3.8) is 0 Å². The molecule has 0 atom stereocenters. The molecule has 118 valence electrons. The zero-order valence-corrected chi connectivity index (χ0v) is 12.3. The highest BCUT2D eigenvalue weighted by Crippen LogP contribution is 2.31. The van der Waals surface area contributed by atoms with E-state index in [0.29, 0.717) is 12.2 Å². The molecular weight excluding hydrogens is 291 g/mol. The number of hydrogen-bond donors (Lipinski definition) is 1. The average molecular weight is 309 g/mol. The fourth-order valence-electron chi connectivity index (χ4n) is 2.09. The van der Waals surface area contributed by atoms with Crippen LogP contribution in [0, 0.1) is 0 Å². The van der Waals surface area contributed by atoms with Crippen molar-refractivity contribution in [3.05, 3.63) is 65.5 Å². The van der Waals surface area contributed by atoms with E-state index in [9.17, 15) is 13.2 Å². The minimum absolute atomic E-state index is 0.412. The summed E-state index contributed by atoms with van der Waals surface area (Å²) >= 11 is 0. The van der Waals surface area contributed by atoms with E-state index in [1.807, 2.05) is 31.4 Å². The van der Waals surface area contributed by atoms with E-state index in [-0.39, 0.29) is 0 Å². The normalized spacial score (nSPS) is 16.7. The van der Waals surface area contributed by atoms with Gasteiger partial charge in [-0.25, -0.2) is 0 Å². The Morgan fingerprint density at radius 3 is 2.45 bits per heavy atom. The van der Waals surface area contributed by atoms with Crippen LogP contribution in [-0.4, -0.2) is 13.6 Å². The quantitative estimate of drug-likeness (QED) is 0.811. The highest BCUT2D eigenvalue weighted by molar-refractivity contribution is 5.35. The summed E-state index contributed by atoms with van der Waals surface area (Å²) < 4.78 is 43.5. The molecule has 0 aliphatic heterocycles. The van der Waals surface area contributed by atoms with Gasteiger partial charge in [0.15, 0.2) is 0 Å².